The number of rotatable bonds is 8. The van der Waals surface area contributed by atoms with Gasteiger partial charge in [0.1, 0.15) is 18.1 Å². The minimum absolute atomic E-state index is 0.0938. The van der Waals surface area contributed by atoms with Crippen LogP contribution in [0.1, 0.15) is 21.5 Å². The highest BCUT2D eigenvalue weighted by Crippen LogP contribution is 2.23. The van der Waals surface area contributed by atoms with E-state index in [4.69, 9.17) is 14.2 Å². The zero-order chi connectivity index (χ0) is 18.2. The van der Waals surface area contributed by atoms with E-state index in [2.05, 4.69) is 0 Å². The normalized spacial score (nSPS) is 10.3. The standard InChI is InChI=1S/C22H20O4/c1-24-16-26-21-10-6-5-9-20(21)22(23)18-11-13-19(14-12-18)25-15-17-7-3-2-4-8-17/h2-14H,15-16H2,1H3. The maximum Gasteiger partial charge on any atom is 0.196 e. The molecule has 0 aliphatic rings. The summed E-state index contributed by atoms with van der Waals surface area (Å²) in [6.07, 6.45) is 0. The molecule has 0 aliphatic heterocycles. The lowest BCUT2D eigenvalue weighted by Gasteiger charge is -2.10. The van der Waals surface area contributed by atoms with Crippen LogP contribution in [0.3, 0.4) is 0 Å². The molecule has 26 heavy (non-hydrogen) atoms. The molecular formula is C22H20O4. The highest BCUT2D eigenvalue weighted by Gasteiger charge is 2.14. The first-order chi connectivity index (χ1) is 12.8. The molecule has 3 rings (SSSR count). The molecule has 0 amide bonds. The smallest absolute Gasteiger partial charge is 0.196 e. The van der Waals surface area contributed by atoms with Crippen LogP contribution in [0.4, 0.5) is 0 Å². The third-order valence-electron chi connectivity index (χ3n) is 3.83. The predicted molar refractivity (Wildman–Crippen MR) is 99.6 cm³/mol. The molecule has 0 fully saturated rings. The van der Waals surface area contributed by atoms with Gasteiger partial charge in [-0.2, -0.15) is 0 Å². The van der Waals surface area contributed by atoms with Crippen molar-refractivity contribution in [3.05, 3.63) is 95.6 Å². The maximum absolute atomic E-state index is 12.8. The minimum atomic E-state index is -0.105. The van der Waals surface area contributed by atoms with Gasteiger partial charge in [0, 0.05) is 12.7 Å². The number of ether oxygens (including phenoxy) is 3. The SMILES string of the molecule is COCOc1ccccc1C(=O)c1ccc(OCc2ccccc2)cc1. The van der Waals surface area contributed by atoms with Gasteiger partial charge in [0.05, 0.1) is 5.56 Å². The van der Waals surface area contributed by atoms with E-state index in [-0.39, 0.29) is 12.6 Å². The van der Waals surface area contributed by atoms with Gasteiger partial charge >= 0.3 is 0 Å². The topological polar surface area (TPSA) is 44.8 Å². The molecule has 0 saturated carbocycles. The first-order valence-corrected chi connectivity index (χ1v) is 8.30. The first kappa shape index (κ1) is 17.7. The molecule has 4 heteroatoms. The fourth-order valence-electron chi connectivity index (χ4n) is 2.50. The third kappa shape index (κ3) is 4.49. The summed E-state index contributed by atoms with van der Waals surface area (Å²) in [4.78, 5) is 12.8. The Labute approximate surface area is 153 Å². The van der Waals surface area contributed by atoms with Crippen LogP contribution in [0.25, 0.3) is 0 Å². The van der Waals surface area contributed by atoms with Crippen molar-refractivity contribution in [2.24, 2.45) is 0 Å². The molecule has 3 aromatic rings. The fraction of sp³-hybridized carbons (Fsp3) is 0.136. The zero-order valence-electron chi connectivity index (χ0n) is 14.6. The largest absolute Gasteiger partial charge is 0.489 e. The van der Waals surface area contributed by atoms with E-state index in [0.717, 1.165) is 5.56 Å². The van der Waals surface area contributed by atoms with Crippen LogP contribution in [0, 0.1) is 0 Å². The maximum atomic E-state index is 12.8. The zero-order valence-corrected chi connectivity index (χ0v) is 14.6. The van der Waals surface area contributed by atoms with Crippen molar-refractivity contribution in [1.82, 2.24) is 0 Å². The Morgan fingerprint density at radius 1 is 0.808 bits per heavy atom. The van der Waals surface area contributed by atoms with Crippen molar-refractivity contribution in [2.45, 2.75) is 6.61 Å². The third-order valence-corrected chi connectivity index (χ3v) is 3.83. The van der Waals surface area contributed by atoms with E-state index in [1.54, 1.807) is 43.5 Å². The van der Waals surface area contributed by atoms with Crippen LogP contribution < -0.4 is 9.47 Å². The average molecular weight is 348 g/mol. The van der Waals surface area contributed by atoms with E-state index >= 15 is 0 Å². The predicted octanol–water partition coefficient (Wildman–Crippen LogP) is 4.48. The summed E-state index contributed by atoms with van der Waals surface area (Å²) in [6.45, 7) is 0.582. The second-order valence-electron chi connectivity index (χ2n) is 5.67. The molecule has 0 N–H and O–H groups in total. The highest BCUT2D eigenvalue weighted by atomic mass is 16.7. The van der Waals surface area contributed by atoms with Crippen LogP contribution in [0.2, 0.25) is 0 Å². The number of carbonyl (C=O) groups excluding carboxylic acids is 1. The lowest BCUT2D eigenvalue weighted by molar-refractivity contribution is 0.0503. The summed E-state index contributed by atoms with van der Waals surface area (Å²) in [6, 6.07) is 24.2. The molecule has 0 radical (unpaired) electrons. The summed E-state index contributed by atoms with van der Waals surface area (Å²) in [5.41, 5.74) is 2.17. The number of benzene rings is 3. The molecule has 0 unspecified atom stereocenters. The second-order valence-corrected chi connectivity index (χ2v) is 5.67. The minimum Gasteiger partial charge on any atom is -0.489 e. The average Bonchev–Trinajstić information content (AvgIpc) is 2.71. The molecule has 0 atom stereocenters. The Morgan fingerprint density at radius 2 is 1.50 bits per heavy atom. The second kappa shape index (κ2) is 8.83. The molecule has 0 heterocycles. The Bertz CT molecular complexity index is 842. The van der Waals surface area contributed by atoms with Crippen molar-refractivity contribution in [2.75, 3.05) is 13.9 Å². The number of para-hydroxylation sites is 1. The van der Waals surface area contributed by atoms with Crippen molar-refractivity contribution in [3.8, 4) is 11.5 Å². The van der Waals surface area contributed by atoms with Crippen LogP contribution in [-0.4, -0.2) is 19.7 Å². The van der Waals surface area contributed by atoms with Crippen molar-refractivity contribution >= 4 is 5.78 Å². The van der Waals surface area contributed by atoms with Crippen LogP contribution in [-0.2, 0) is 11.3 Å². The van der Waals surface area contributed by atoms with E-state index in [1.165, 1.54) is 0 Å². The van der Waals surface area contributed by atoms with E-state index in [9.17, 15) is 4.79 Å². The van der Waals surface area contributed by atoms with Gasteiger partial charge in [0.25, 0.3) is 0 Å². The Balaban J connectivity index is 1.69. The van der Waals surface area contributed by atoms with Gasteiger partial charge < -0.3 is 14.2 Å². The molecule has 0 bridgehead atoms. The highest BCUT2D eigenvalue weighted by molar-refractivity contribution is 6.10. The van der Waals surface area contributed by atoms with Gasteiger partial charge in [-0.3, -0.25) is 4.79 Å². The monoisotopic (exact) mass is 348 g/mol. The van der Waals surface area contributed by atoms with E-state index in [0.29, 0.717) is 29.2 Å². The number of ketones is 1. The summed E-state index contributed by atoms with van der Waals surface area (Å²) < 4.78 is 16.1. The number of hydrogen-bond acceptors (Lipinski definition) is 4. The Morgan fingerprint density at radius 3 is 2.23 bits per heavy atom. The van der Waals surface area contributed by atoms with Crippen molar-refractivity contribution in [3.63, 3.8) is 0 Å². The molecule has 0 aromatic heterocycles. The van der Waals surface area contributed by atoms with Crippen LogP contribution in [0.5, 0.6) is 11.5 Å². The van der Waals surface area contributed by atoms with Gasteiger partial charge in [0.2, 0.25) is 0 Å². The van der Waals surface area contributed by atoms with Gasteiger partial charge in [-0.25, -0.2) is 0 Å². The fourth-order valence-corrected chi connectivity index (χ4v) is 2.50. The quantitative estimate of drug-likeness (QED) is 0.445. The number of hydrogen-bond donors (Lipinski definition) is 0. The molecule has 3 aromatic carbocycles. The molecule has 0 saturated heterocycles. The van der Waals surface area contributed by atoms with Crippen molar-refractivity contribution in [1.29, 1.82) is 0 Å². The molecule has 0 aliphatic carbocycles. The Kier molecular flexibility index (Phi) is 6.01. The number of methoxy groups -OCH3 is 1. The summed E-state index contributed by atoms with van der Waals surface area (Å²) in [7, 11) is 1.54. The summed E-state index contributed by atoms with van der Waals surface area (Å²) in [5, 5.41) is 0. The lowest BCUT2D eigenvalue weighted by atomic mass is 10.0. The van der Waals surface area contributed by atoms with Gasteiger partial charge in [0.15, 0.2) is 12.6 Å². The van der Waals surface area contributed by atoms with Crippen LogP contribution >= 0.6 is 0 Å². The number of carbonyl (C=O) groups is 1. The summed E-state index contributed by atoms with van der Waals surface area (Å²) in [5.74, 6) is 1.12. The van der Waals surface area contributed by atoms with Gasteiger partial charge in [-0.1, -0.05) is 42.5 Å². The molecule has 0 spiro atoms. The molecule has 132 valence electrons. The van der Waals surface area contributed by atoms with E-state index in [1.807, 2.05) is 42.5 Å². The van der Waals surface area contributed by atoms with Crippen molar-refractivity contribution < 1.29 is 19.0 Å². The van der Waals surface area contributed by atoms with E-state index < -0.39 is 0 Å². The summed E-state index contributed by atoms with van der Waals surface area (Å²) >= 11 is 0. The molecule has 4 nitrogen and oxygen atoms in total. The van der Waals surface area contributed by atoms with Gasteiger partial charge in [-0.05, 0) is 42.0 Å². The molecular weight excluding hydrogens is 328 g/mol. The Hall–Kier alpha value is -3.11. The lowest BCUT2D eigenvalue weighted by Crippen LogP contribution is -2.07. The van der Waals surface area contributed by atoms with Crippen LogP contribution in [0.15, 0.2) is 78.9 Å². The van der Waals surface area contributed by atoms with Gasteiger partial charge in [-0.15, -0.1) is 0 Å². The first-order valence-electron chi connectivity index (χ1n) is 8.30.